The van der Waals surface area contributed by atoms with E-state index < -0.39 is 5.97 Å². The molecule has 0 heterocycles. The zero-order chi connectivity index (χ0) is 9.07. The average Bonchev–Trinajstić information content (AvgIpc) is 1.53. The Bertz CT molecular complexity index is 174. The standard InChI is InChI=1S/C9H16O2/c1-7(2)5-9(3,4)6-8(10)11/h5H,6H2,1-4H3,(H,10,11). The van der Waals surface area contributed by atoms with Crippen molar-refractivity contribution in [2.75, 3.05) is 0 Å². The first-order valence-electron chi connectivity index (χ1n) is 3.71. The second-order valence-corrected chi connectivity index (χ2v) is 3.78. The smallest absolute Gasteiger partial charge is 0.304 e. The Kier molecular flexibility index (Phi) is 3.30. The summed E-state index contributed by atoms with van der Waals surface area (Å²) in [5.74, 6) is -0.743. The van der Waals surface area contributed by atoms with Crippen LogP contribution >= 0.6 is 0 Å². The van der Waals surface area contributed by atoms with E-state index in [0.717, 1.165) is 5.57 Å². The van der Waals surface area contributed by atoms with E-state index in [4.69, 9.17) is 5.11 Å². The molecular weight excluding hydrogens is 140 g/mol. The molecule has 0 aliphatic carbocycles. The number of hydrogen-bond donors (Lipinski definition) is 1. The monoisotopic (exact) mass is 156 g/mol. The highest BCUT2D eigenvalue weighted by Gasteiger charge is 2.18. The fourth-order valence-electron chi connectivity index (χ4n) is 1.22. The van der Waals surface area contributed by atoms with Gasteiger partial charge in [0.1, 0.15) is 0 Å². The molecule has 0 saturated carbocycles. The normalized spacial score (nSPS) is 10.9. The quantitative estimate of drug-likeness (QED) is 0.637. The Morgan fingerprint density at radius 3 is 2.18 bits per heavy atom. The molecule has 0 aliphatic heterocycles. The van der Waals surface area contributed by atoms with Gasteiger partial charge in [-0.25, -0.2) is 0 Å². The molecule has 0 aromatic rings. The molecule has 0 aliphatic rings. The molecule has 2 heteroatoms. The average molecular weight is 156 g/mol. The predicted molar refractivity (Wildman–Crippen MR) is 45.5 cm³/mol. The van der Waals surface area contributed by atoms with Crippen LogP contribution in [0.3, 0.4) is 0 Å². The first-order chi connectivity index (χ1) is 4.83. The lowest BCUT2D eigenvalue weighted by Gasteiger charge is -2.17. The third-order valence-electron chi connectivity index (χ3n) is 1.29. The van der Waals surface area contributed by atoms with Gasteiger partial charge < -0.3 is 5.11 Å². The highest BCUT2D eigenvalue weighted by molar-refractivity contribution is 5.68. The van der Waals surface area contributed by atoms with E-state index >= 15 is 0 Å². The Morgan fingerprint density at radius 1 is 1.45 bits per heavy atom. The Morgan fingerprint density at radius 2 is 1.91 bits per heavy atom. The zero-order valence-electron chi connectivity index (χ0n) is 7.64. The summed E-state index contributed by atoms with van der Waals surface area (Å²) in [6.45, 7) is 7.80. The molecule has 0 unspecified atom stereocenters. The van der Waals surface area contributed by atoms with E-state index in [-0.39, 0.29) is 11.8 Å². The van der Waals surface area contributed by atoms with Crippen LogP contribution in [0.5, 0.6) is 0 Å². The minimum absolute atomic E-state index is 0.193. The minimum Gasteiger partial charge on any atom is -0.481 e. The number of rotatable bonds is 3. The molecule has 11 heavy (non-hydrogen) atoms. The van der Waals surface area contributed by atoms with Crippen LogP contribution in [0.1, 0.15) is 34.1 Å². The summed E-state index contributed by atoms with van der Waals surface area (Å²) in [5, 5.41) is 8.53. The van der Waals surface area contributed by atoms with E-state index in [2.05, 4.69) is 0 Å². The number of carboxylic acid groups (broad SMARTS) is 1. The summed E-state index contributed by atoms with van der Waals surface area (Å²) in [7, 11) is 0. The minimum atomic E-state index is -0.743. The van der Waals surface area contributed by atoms with E-state index in [1.807, 2.05) is 33.8 Å². The van der Waals surface area contributed by atoms with Crippen molar-refractivity contribution in [3.8, 4) is 0 Å². The fourth-order valence-corrected chi connectivity index (χ4v) is 1.22. The van der Waals surface area contributed by atoms with Gasteiger partial charge in [0, 0.05) is 0 Å². The van der Waals surface area contributed by atoms with Crippen LogP contribution < -0.4 is 0 Å². The second-order valence-electron chi connectivity index (χ2n) is 3.78. The van der Waals surface area contributed by atoms with Gasteiger partial charge in [0.25, 0.3) is 0 Å². The Hall–Kier alpha value is -0.790. The number of carbonyl (C=O) groups is 1. The van der Waals surface area contributed by atoms with Crippen molar-refractivity contribution in [3.05, 3.63) is 11.6 Å². The molecule has 0 spiro atoms. The molecule has 0 amide bonds. The Labute approximate surface area is 67.9 Å². The highest BCUT2D eigenvalue weighted by Crippen LogP contribution is 2.23. The molecular formula is C9H16O2. The molecule has 0 saturated heterocycles. The molecule has 0 bridgehead atoms. The lowest BCUT2D eigenvalue weighted by atomic mass is 9.87. The van der Waals surface area contributed by atoms with Gasteiger partial charge in [-0.1, -0.05) is 25.5 Å². The fraction of sp³-hybridized carbons (Fsp3) is 0.667. The van der Waals surface area contributed by atoms with Crippen molar-refractivity contribution in [2.24, 2.45) is 5.41 Å². The van der Waals surface area contributed by atoms with Crippen LogP contribution in [0.2, 0.25) is 0 Å². The van der Waals surface area contributed by atoms with Gasteiger partial charge in [-0.05, 0) is 19.3 Å². The van der Waals surface area contributed by atoms with Gasteiger partial charge in [-0.2, -0.15) is 0 Å². The summed E-state index contributed by atoms with van der Waals surface area (Å²) in [6, 6.07) is 0. The first-order valence-corrected chi connectivity index (χ1v) is 3.71. The Balaban J connectivity index is 4.22. The van der Waals surface area contributed by atoms with Crippen molar-refractivity contribution < 1.29 is 9.90 Å². The summed E-state index contributed by atoms with van der Waals surface area (Å²) >= 11 is 0. The van der Waals surface area contributed by atoms with E-state index in [9.17, 15) is 4.79 Å². The number of hydrogen-bond acceptors (Lipinski definition) is 1. The van der Waals surface area contributed by atoms with Crippen LogP contribution in [0, 0.1) is 5.41 Å². The van der Waals surface area contributed by atoms with E-state index in [1.165, 1.54) is 0 Å². The van der Waals surface area contributed by atoms with Crippen molar-refractivity contribution in [3.63, 3.8) is 0 Å². The van der Waals surface area contributed by atoms with Crippen LogP contribution in [0.25, 0.3) is 0 Å². The van der Waals surface area contributed by atoms with Gasteiger partial charge in [-0.3, -0.25) is 4.79 Å². The molecule has 0 radical (unpaired) electrons. The topological polar surface area (TPSA) is 37.3 Å². The van der Waals surface area contributed by atoms with Crippen molar-refractivity contribution >= 4 is 5.97 Å². The number of allylic oxidation sites excluding steroid dienone is 2. The molecule has 64 valence electrons. The summed E-state index contributed by atoms with van der Waals surface area (Å²) < 4.78 is 0. The molecule has 0 aromatic carbocycles. The number of carboxylic acids is 1. The predicted octanol–water partition coefficient (Wildman–Crippen LogP) is 2.45. The summed E-state index contributed by atoms with van der Waals surface area (Å²) in [4.78, 5) is 10.4. The van der Waals surface area contributed by atoms with Crippen molar-refractivity contribution in [1.82, 2.24) is 0 Å². The lowest BCUT2D eigenvalue weighted by molar-refractivity contribution is -0.138. The third kappa shape index (κ3) is 5.64. The van der Waals surface area contributed by atoms with E-state index in [1.54, 1.807) is 0 Å². The molecule has 0 atom stereocenters. The highest BCUT2D eigenvalue weighted by atomic mass is 16.4. The molecule has 0 rings (SSSR count). The number of aliphatic carboxylic acids is 1. The van der Waals surface area contributed by atoms with Crippen LogP contribution in [0.15, 0.2) is 11.6 Å². The van der Waals surface area contributed by atoms with Crippen LogP contribution in [-0.4, -0.2) is 11.1 Å². The molecule has 2 nitrogen and oxygen atoms in total. The maximum atomic E-state index is 10.4. The molecule has 0 aromatic heterocycles. The third-order valence-corrected chi connectivity index (χ3v) is 1.29. The maximum absolute atomic E-state index is 10.4. The largest absolute Gasteiger partial charge is 0.481 e. The van der Waals surface area contributed by atoms with Gasteiger partial charge in [0.05, 0.1) is 6.42 Å². The molecule has 1 N–H and O–H groups in total. The van der Waals surface area contributed by atoms with Gasteiger partial charge in [-0.15, -0.1) is 0 Å². The zero-order valence-corrected chi connectivity index (χ0v) is 7.64. The van der Waals surface area contributed by atoms with Crippen LogP contribution in [0.4, 0.5) is 0 Å². The first kappa shape index (κ1) is 10.2. The maximum Gasteiger partial charge on any atom is 0.304 e. The van der Waals surface area contributed by atoms with Crippen molar-refractivity contribution in [1.29, 1.82) is 0 Å². The lowest BCUT2D eigenvalue weighted by Crippen LogP contribution is -2.14. The van der Waals surface area contributed by atoms with Gasteiger partial charge >= 0.3 is 5.97 Å². The van der Waals surface area contributed by atoms with Crippen LogP contribution in [-0.2, 0) is 4.79 Å². The second kappa shape index (κ2) is 3.56. The van der Waals surface area contributed by atoms with E-state index in [0.29, 0.717) is 0 Å². The summed E-state index contributed by atoms with van der Waals surface area (Å²) in [6.07, 6.45) is 2.18. The SMILES string of the molecule is CC(C)=CC(C)(C)CC(=O)O. The van der Waals surface area contributed by atoms with Crippen molar-refractivity contribution in [2.45, 2.75) is 34.1 Å². The molecule has 0 fully saturated rings. The van der Waals surface area contributed by atoms with Gasteiger partial charge in [0.2, 0.25) is 0 Å². The summed E-state index contributed by atoms with van der Waals surface area (Å²) in [5.41, 5.74) is 0.946. The van der Waals surface area contributed by atoms with Gasteiger partial charge in [0.15, 0.2) is 0 Å².